The highest BCUT2D eigenvalue weighted by Crippen LogP contribution is 2.34. The predicted molar refractivity (Wildman–Crippen MR) is 142 cm³/mol. The van der Waals surface area contributed by atoms with Gasteiger partial charge in [0.1, 0.15) is 0 Å². The molecule has 0 aliphatic heterocycles. The van der Waals surface area contributed by atoms with Crippen LogP contribution >= 0.6 is 35.0 Å². The molecule has 1 N–H and O–H groups in total. The van der Waals surface area contributed by atoms with E-state index in [9.17, 15) is 4.79 Å². The van der Waals surface area contributed by atoms with Crippen LogP contribution in [-0.4, -0.2) is 32.4 Å². The monoisotopic (exact) mass is 525 g/mol. The van der Waals surface area contributed by atoms with E-state index in [1.165, 1.54) is 0 Å². The van der Waals surface area contributed by atoms with Crippen LogP contribution in [-0.2, 0) is 9.53 Å². The second kappa shape index (κ2) is 11.4. The molecular weight excluding hydrogens is 505 g/mol. The number of nitrogens with one attached hydrogen (secondary N) is 1. The molecule has 3 aromatic carbocycles. The lowest BCUT2D eigenvalue weighted by Gasteiger charge is -2.12. The molecule has 0 saturated heterocycles. The minimum absolute atomic E-state index is 0.0748. The number of hydrogen-bond donors (Lipinski definition) is 1. The Hall–Kier alpha value is -3.33. The van der Waals surface area contributed by atoms with Gasteiger partial charge in [0, 0.05) is 16.3 Å². The Balaban J connectivity index is 1.76. The zero-order chi connectivity index (χ0) is 24.8. The maximum absolute atomic E-state index is 12.7. The molecule has 0 bridgehead atoms. The van der Waals surface area contributed by atoms with E-state index in [2.05, 4.69) is 20.7 Å². The lowest BCUT2D eigenvalue weighted by atomic mass is 10.2. The van der Waals surface area contributed by atoms with Crippen molar-refractivity contribution in [1.82, 2.24) is 14.8 Å². The molecule has 10 heteroatoms. The number of esters is 1. The number of nitrogens with zero attached hydrogens (tertiary/aromatic N) is 4. The molecule has 0 unspecified atom stereocenters. The Bertz CT molecular complexity index is 1360. The molecule has 1 aromatic heterocycles. The van der Waals surface area contributed by atoms with Gasteiger partial charge >= 0.3 is 5.97 Å². The maximum Gasteiger partial charge on any atom is 0.365 e. The van der Waals surface area contributed by atoms with Gasteiger partial charge in [0.2, 0.25) is 10.2 Å². The van der Waals surface area contributed by atoms with Crippen LogP contribution in [0.3, 0.4) is 0 Å². The van der Waals surface area contributed by atoms with Crippen molar-refractivity contribution in [2.45, 2.75) is 19.0 Å². The van der Waals surface area contributed by atoms with Crippen molar-refractivity contribution in [1.29, 1.82) is 0 Å². The van der Waals surface area contributed by atoms with Crippen LogP contribution < -0.4 is 5.43 Å². The number of halogens is 2. The fourth-order valence-corrected chi connectivity index (χ4v) is 4.39. The minimum atomic E-state index is -0.578. The summed E-state index contributed by atoms with van der Waals surface area (Å²) in [7, 11) is 0. The number of carbonyl (C=O) groups is 1. The van der Waals surface area contributed by atoms with Crippen molar-refractivity contribution in [3.8, 4) is 17.1 Å². The van der Waals surface area contributed by atoms with Crippen molar-refractivity contribution in [3.05, 3.63) is 88.4 Å². The van der Waals surface area contributed by atoms with E-state index in [0.717, 1.165) is 28.7 Å². The van der Waals surface area contributed by atoms with Crippen molar-refractivity contribution in [2.24, 2.45) is 5.10 Å². The second-order valence-corrected chi connectivity index (χ2v) is 9.12. The molecule has 35 heavy (non-hydrogen) atoms. The van der Waals surface area contributed by atoms with Gasteiger partial charge < -0.3 is 4.74 Å². The van der Waals surface area contributed by atoms with Gasteiger partial charge in [-0.15, -0.1) is 10.2 Å². The number of thioether (sulfide) groups is 1. The third-order valence-electron chi connectivity index (χ3n) is 4.80. The van der Waals surface area contributed by atoms with E-state index < -0.39 is 5.97 Å². The number of ether oxygens (including phenoxy) is 1. The van der Waals surface area contributed by atoms with Gasteiger partial charge in [0.05, 0.1) is 17.3 Å². The molecule has 0 saturated carbocycles. The van der Waals surface area contributed by atoms with E-state index in [1.54, 1.807) is 29.7 Å². The van der Waals surface area contributed by atoms with E-state index in [4.69, 9.17) is 27.9 Å². The molecule has 0 aliphatic carbocycles. The first-order valence-electron chi connectivity index (χ1n) is 10.7. The van der Waals surface area contributed by atoms with Crippen molar-refractivity contribution in [2.75, 3.05) is 12.0 Å². The number of aryl methyl sites for hydroxylation is 1. The van der Waals surface area contributed by atoms with Crippen LogP contribution in [0.5, 0.6) is 0 Å². The maximum atomic E-state index is 12.7. The highest BCUT2D eigenvalue weighted by Gasteiger charge is 2.23. The van der Waals surface area contributed by atoms with E-state index in [0.29, 0.717) is 26.6 Å². The largest absolute Gasteiger partial charge is 0.461 e. The third-order valence-corrected chi connectivity index (χ3v) is 6.24. The van der Waals surface area contributed by atoms with Gasteiger partial charge in [-0.3, -0.25) is 9.99 Å². The highest BCUT2D eigenvalue weighted by atomic mass is 35.5. The van der Waals surface area contributed by atoms with Crippen molar-refractivity contribution in [3.63, 3.8) is 0 Å². The average molecular weight is 526 g/mol. The van der Waals surface area contributed by atoms with Crippen LogP contribution in [0, 0.1) is 6.92 Å². The van der Waals surface area contributed by atoms with Gasteiger partial charge in [-0.2, -0.15) is 5.10 Å². The number of aromatic nitrogens is 3. The third kappa shape index (κ3) is 6.03. The lowest BCUT2D eigenvalue weighted by molar-refractivity contribution is -0.134. The summed E-state index contributed by atoms with van der Waals surface area (Å²) in [5.41, 5.74) is 6.20. The number of benzene rings is 3. The Morgan fingerprint density at radius 2 is 1.80 bits per heavy atom. The summed E-state index contributed by atoms with van der Waals surface area (Å²) in [6.07, 6.45) is 0. The molecule has 4 aromatic rings. The highest BCUT2D eigenvalue weighted by molar-refractivity contribution is 8.15. The molecule has 0 radical (unpaired) electrons. The molecular formula is C25H21Cl2N5O2S. The summed E-state index contributed by atoms with van der Waals surface area (Å²) in [5, 5.41) is 14.5. The van der Waals surface area contributed by atoms with E-state index in [1.807, 2.05) is 61.5 Å². The van der Waals surface area contributed by atoms with E-state index in [-0.39, 0.29) is 11.7 Å². The van der Waals surface area contributed by atoms with Gasteiger partial charge in [0.25, 0.3) is 0 Å². The van der Waals surface area contributed by atoms with E-state index >= 15 is 0 Å². The van der Waals surface area contributed by atoms with Crippen LogP contribution in [0.25, 0.3) is 17.1 Å². The molecule has 4 rings (SSSR count). The Morgan fingerprint density at radius 3 is 2.49 bits per heavy atom. The minimum Gasteiger partial charge on any atom is -0.461 e. The number of para-hydroxylation sites is 1. The zero-order valence-electron chi connectivity index (χ0n) is 18.9. The van der Waals surface area contributed by atoms with Crippen LogP contribution in [0.15, 0.2) is 83.1 Å². The van der Waals surface area contributed by atoms with Crippen LogP contribution in [0.2, 0.25) is 10.0 Å². The summed E-state index contributed by atoms with van der Waals surface area (Å²) in [5.74, 6) is -0.0825. The number of hydrazone groups is 1. The molecule has 0 fully saturated rings. The lowest BCUT2D eigenvalue weighted by Crippen LogP contribution is -2.17. The van der Waals surface area contributed by atoms with Gasteiger partial charge in [-0.25, -0.2) is 4.79 Å². The Labute approximate surface area is 217 Å². The fourth-order valence-electron chi connectivity index (χ4n) is 3.12. The second-order valence-electron chi connectivity index (χ2n) is 7.32. The Kier molecular flexibility index (Phi) is 8.07. The summed E-state index contributed by atoms with van der Waals surface area (Å²) >= 11 is 13.6. The van der Waals surface area contributed by atoms with Gasteiger partial charge in [-0.05, 0) is 68.1 Å². The number of rotatable bonds is 6. The standard InChI is InChI=1S/C25H21Cl2N5O2S/c1-3-34-24(33)23(30-28-18-12-9-16(2)10-13-18)35-25-31-29-22(20-14-11-17(26)15-21(20)27)32(25)19-7-5-4-6-8-19/h4-15,28H,3H2,1-2H3/b30-23+. The summed E-state index contributed by atoms with van der Waals surface area (Å²) in [6.45, 7) is 3.94. The summed E-state index contributed by atoms with van der Waals surface area (Å²) < 4.78 is 7.04. The molecule has 0 spiro atoms. The van der Waals surface area contributed by atoms with Crippen LogP contribution in [0.1, 0.15) is 12.5 Å². The molecule has 0 aliphatic rings. The average Bonchev–Trinajstić information content (AvgIpc) is 3.26. The van der Waals surface area contributed by atoms with Crippen LogP contribution in [0.4, 0.5) is 5.69 Å². The first-order chi connectivity index (χ1) is 17.0. The number of carbonyl (C=O) groups excluding carboxylic acids is 1. The number of anilines is 1. The predicted octanol–water partition coefficient (Wildman–Crippen LogP) is 6.63. The van der Waals surface area contributed by atoms with Gasteiger partial charge in [-0.1, -0.05) is 59.1 Å². The topological polar surface area (TPSA) is 81.4 Å². The molecule has 178 valence electrons. The fraction of sp³-hybridized carbons (Fsp3) is 0.120. The Morgan fingerprint density at radius 1 is 1.06 bits per heavy atom. The number of hydrogen-bond acceptors (Lipinski definition) is 7. The smallest absolute Gasteiger partial charge is 0.365 e. The van der Waals surface area contributed by atoms with Crippen molar-refractivity contribution >= 4 is 51.7 Å². The normalized spacial score (nSPS) is 11.4. The quantitative estimate of drug-likeness (QED) is 0.0999. The van der Waals surface area contributed by atoms with Crippen molar-refractivity contribution < 1.29 is 9.53 Å². The molecule has 0 atom stereocenters. The SMILES string of the molecule is CCOC(=O)/C(=N\Nc1ccc(C)cc1)Sc1nnc(-c2ccc(Cl)cc2Cl)n1-c1ccccc1. The first-order valence-corrected chi connectivity index (χ1v) is 12.2. The first kappa shape index (κ1) is 24.8. The summed E-state index contributed by atoms with van der Waals surface area (Å²) in [4.78, 5) is 12.7. The molecule has 7 nitrogen and oxygen atoms in total. The molecule has 0 amide bonds. The summed E-state index contributed by atoms with van der Waals surface area (Å²) in [6, 6.07) is 22.3. The zero-order valence-corrected chi connectivity index (χ0v) is 21.2. The molecule has 1 heterocycles. The van der Waals surface area contributed by atoms with Gasteiger partial charge in [0.15, 0.2) is 5.82 Å².